The Labute approximate surface area is 46.7 Å². The quantitative estimate of drug-likeness (QED) is 0.518. The average molecular weight is 176 g/mol. The molecule has 9 heavy (non-hydrogen) atoms. The van der Waals surface area contributed by atoms with Gasteiger partial charge in [-0.3, -0.25) is 0 Å². The van der Waals surface area contributed by atoms with Gasteiger partial charge in [0, 0.05) is 0 Å². The van der Waals surface area contributed by atoms with Crippen LogP contribution in [0.25, 0.3) is 0 Å². The van der Waals surface area contributed by atoms with E-state index in [4.69, 9.17) is 4.79 Å². The first kappa shape index (κ1) is 11.4. The molecule has 0 aromatic rings. The summed E-state index contributed by atoms with van der Waals surface area (Å²) >= 11 is 0. The van der Waals surface area contributed by atoms with Crippen LogP contribution in [0, 0.1) is 0 Å². The predicted octanol–water partition coefficient (Wildman–Crippen LogP) is 2.98. The molecule has 0 aliphatic heterocycles. The Morgan fingerprint density at radius 2 is 0.778 bits per heavy atom. The summed E-state index contributed by atoms with van der Waals surface area (Å²) in [7, 11) is -10.5. The number of carbonyl (C=O) groups is 1. The zero-order valence-electron chi connectivity index (χ0n) is 3.79. The maximum atomic E-state index is 9.85. The molecule has 0 bridgehead atoms. The van der Waals surface area contributed by atoms with Crippen LogP contribution in [0.15, 0.2) is 0 Å². The van der Waals surface area contributed by atoms with Gasteiger partial charge in [-0.05, 0) is 0 Å². The van der Waals surface area contributed by atoms with E-state index in [1.165, 1.54) is 0 Å². The molecule has 0 saturated carbocycles. The van der Waals surface area contributed by atoms with Crippen molar-refractivity contribution in [2.75, 3.05) is 0 Å². The van der Waals surface area contributed by atoms with E-state index in [0.29, 0.717) is 0 Å². The van der Waals surface area contributed by atoms with Crippen molar-refractivity contribution in [3.63, 3.8) is 0 Å². The molecule has 0 atom stereocenters. The van der Waals surface area contributed by atoms with Crippen LogP contribution in [0.5, 0.6) is 0 Å². The highest BCUT2D eigenvalue weighted by Crippen LogP contribution is 2.99. The van der Waals surface area contributed by atoms with E-state index in [0.717, 1.165) is 0 Å². The third-order valence-electron chi connectivity index (χ3n) is 0. The molecule has 0 aliphatic rings. The summed E-state index contributed by atoms with van der Waals surface area (Å²) in [6, 6.07) is 0. The number of hydrogen-bond donors (Lipinski definition) is 0. The van der Waals surface area contributed by atoms with Crippen LogP contribution in [0.1, 0.15) is 0 Å². The molecule has 0 unspecified atom stereocenters. The minimum Gasteiger partial charge on any atom is -0.307 e. The summed E-state index contributed by atoms with van der Waals surface area (Å²) in [5, 5.41) is 0. The minimum atomic E-state index is -10.5. The molecule has 0 spiro atoms. The van der Waals surface area contributed by atoms with Gasteiger partial charge in [-0.15, -0.1) is 0 Å². The van der Waals surface area contributed by atoms with Gasteiger partial charge in [0.2, 0.25) is 0 Å². The monoisotopic (exact) mass is 176 g/mol. The minimum absolute atomic E-state index is 2.00. The molecule has 60 valence electrons. The molecule has 8 heteroatoms. The Hall–Kier alpha value is -0.400. The molecular formula is CH2F6OS. The topological polar surface area (TPSA) is 17.1 Å². The van der Waals surface area contributed by atoms with Gasteiger partial charge in [0.05, 0.1) is 0 Å². The molecular weight excluding hydrogens is 174 g/mol. The molecule has 0 N–H and O–H groups in total. The Kier molecular flexibility index (Phi) is 1.97. The normalized spacial score (nSPS) is 18.4. The van der Waals surface area contributed by atoms with Crippen LogP contribution in [-0.2, 0) is 4.79 Å². The lowest BCUT2D eigenvalue weighted by Gasteiger charge is -2.28. The zero-order chi connectivity index (χ0) is 8.41. The Morgan fingerprint density at radius 3 is 0.778 bits per heavy atom. The highest BCUT2D eigenvalue weighted by atomic mass is 32.5. The molecule has 0 heterocycles. The largest absolute Gasteiger partial charge is 0.431 e. The van der Waals surface area contributed by atoms with Gasteiger partial charge < -0.3 is 4.79 Å². The fourth-order valence-electron chi connectivity index (χ4n) is 0. The summed E-state index contributed by atoms with van der Waals surface area (Å²) in [6.07, 6.45) is 0. The lowest BCUT2D eigenvalue weighted by molar-refractivity contribution is -0.0980. The third kappa shape index (κ3) is 1490. The first-order valence-corrected chi connectivity index (χ1v) is 3.07. The number of rotatable bonds is 0. The number of halogens is 6. The van der Waals surface area contributed by atoms with Gasteiger partial charge in [0.25, 0.3) is 0 Å². The van der Waals surface area contributed by atoms with Crippen LogP contribution < -0.4 is 0 Å². The van der Waals surface area contributed by atoms with Crippen LogP contribution >= 0.6 is 10.6 Å². The summed E-state index contributed by atoms with van der Waals surface area (Å²) < 4.78 is 59.1. The molecule has 0 fully saturated rings. The fourth-order valence-corrected chi connectivity index (χ4v) is 0. The van der Waals surface area contributed by atoms with Crippen molar-refractivity contribution in [1.82, 2.24) is 0 Å². The maximum absolute atomic E-state index is 10.5. The van der Waals surface area contributed by atoms with Crippen molar-refractivity contribution in [3.05, 3.63) is 0 Å². The van der Waals surface area contributed by atoms with Crippen LogP contribution in [0.4, 0.5) is 23.3 Å². The van der Waals surface area contributed by atoms with Crippen molar-refractivity contribution in [2.24, 2.45) is 0 Å². The van der Waals surface area contributed by atoms with Gasteiger partial charge in [-0.1, -0.05) is 23.3 Å². The summed E-state index contributed by atoms with van der Waals surface area (Å²) in [5.74, 6) is 0. The highest BCUT2D eigenvalue weighted by molar-refractivity contribution is 8.41. The highest BCUT2D eigenvalue weighted by Gasteiger charge is 2.64. The van der Waals surface area contributed by atoms with E-state index < -0.39 is 10.6 Å². The van der Waals surface area contributed by atoms with Crippen molar-refractivity contribution in [3.8, 4) is 0 Å². The van der Waals surface area contributed by atoms with Gasteiger partial charge in [0.15, 0.2) is 0 Å². The van der Waals surface area contributed by atoms with E-state index in [9.17, 15) is 23.3 Å². The van der Waals surface area contributed by atoms with Crippen molar-refractivity contribution in [1.29, 1.82) is 0 Å². The van der Waals surface area contributed by atoms with Gasteiger partial charge in [-0.2, -0.15) is 0 Å². The average Bonchev–Trinajstić information content (AvgIpc) is 1.30. The number of carbonyl (C=O) groups excluding carboxylic acids is 1. The molecule has 0 aromatic carbocycles. The van der Waals surface area contributed by atoms with Crippen molar-refractivity contribution in [2.45, 2.75) is 0 Å². The van der Waals surface area contributed by atoms with E-state index in [1.807, 2.05) is 6.79 Å². The molecule has 1 nitrogen and oxygen atoms in total. The van der Waals surface area contributed by atoms with E-state index in [2.05, 4.69) is 0 Å². The van der Waals surface area contributed by atoms with Crippen LogP contribution in [0.2, 0.25) is 0 Å². The van der Waals surface area contributed by atoms with E-state index in [-0.39, 0.29) is 0 Å². The lowest BCUT2D eigenvalue weighted by Crippen LogP contribution is -1.92. The first-order valence-electron chi connectivity index (χ1n) is 1.21. The standard InChI is InChI=1S/CH2O.F6S/c1-2;1-7(2,3,4,5)6/h1H2;. The van der Waals surface area contributed by atoms with Gasteiger partial charge >= 0.3 is 10.6 Å². The molecule has 0 rings (SSSR count). The summed E-state index contributed by atoms with van der Waals surface area (Å²) in [5.41, 5.74) is 0. The van der Waals surface area contributed by atoms with Crippen molar-refractivity contribution < 1.29 is 28.1 Å². The van der Waals surface area contributed by atoms with Crippen LogP contribution in [0.3, 0.4) is 0 Å². The smallest absolute Gasteiger partial charge is 0.307 e. The molecule has 0 saturated heterocycles. The molecule has 0 amide bonds. The van der Waals surface area contributed by atoms with Gasteiger partial charge in [-0.25, -0.2) is 0 Å². The SMILES string of the molecule is C=O.FS(F)(F)(F)(F)F. The lowest BCUT2D eigenvalue weighted by atomic mass is 11.9. The zero-order valence-corrected chi connectivity index (χ0v) is 4.61. The second kappa shape index (κ2) is 1.55. The van der Waals surface area contributed by atoms with Crippen LogP contribution in [-0.4, -0.2) is 6.79 Å². The second-order valence-electron chi connectivity index (χ2n) is 0.875. The van der Waals surface area contributed by atoms with E-state index >= 15 is 0 Å². The maximum Gasteiger partial charge on any atom is 0.431 e. The summed E-state index contributed by atoms with van der Waals surface area (Å²) in [6.45, 7) is 2.00. The Morgan fingerprint density at radius 1 is 0.778 bits per heavy atom. The first-order chi connectivity index (χ1) is 3.45. The third-order valence-corrected chi connectivity index (χ3v) is 0. The fraction of sp³-hybridized carbons (Fsp3) is 0. The second-order valence-corrected chi connectivity index (χ2v) is 2.62. The Balaban J connectivity index is 0. The summed E-state index contributed by atoms with van der Waals surface area (Å²) in [4.78, 5) is 8.00. The molecule has 0 aromatic heterocycles. The Bertz CT molecular complexity index is 82.4. The number of hydrogen-bond acceptors (Lipinski definition) is 1. The predicted molar refractivity (Wildman–Crippen MR) is 21.4 cm³/mol. The van der Waals surface area contributed by atoms with E-state index in [1.54, 1.807) is 0 Å². The molecule has 0 aliphatic carbocycles. The molecule has 0 radical (unpaired) electrons. The van der Waals surface area contributed by atoms with Gasteiger partial charge in [0.1, 0.15) is 6.79 Å². The van der Waals surface area contributed by atoms with Crippen molar-refractivity contribution >= 4 is 17.4 Å².